The van der Waals surface area contributed by atoms with Crippen LogP contribution < -0.4 is 15.6 Å². The summed E-state index contributed by atoms with van der Waals surface area (Å²) in [5.41, 5.74) is 7.21. The van der Waals surface area contributed by atoms with Crippen LogP contribution in [0.1, 0.15) is 25.3 Å². The molecule has 3 heteroatoms. The summed E-state index contributed by atoms with van der Waals surface area (Å²) in [7, 11) is 2.06. The van der Waals surface area contributed by atoms with Gasteiger partial charge in [-0.1, -0.05) is 19.4 Å². The van der Waals surface area contributed by atoms with Crippen LogP contribution in [0.2, 0.25) is 0 Å². The molecule has 0 aromatic heterocycles. The van der Waals surface area contributed by atoms with E-state index in [2.05, 4.69) is 54.6 Å². The number of rotatable bonds is 3. The average Bonchev–Trinajstić information content (AvgIpc) is 2.53. The average molecular weight is 205 g/mol. The fraction of sp³-hybridized carbons (Fsp3) is 0.500. The maximum absolute atomic E-state index is 3.35. The van der Waals surface area contributed by atoms with Gasteiger partial charge in [0.1, 0.15) is 0 Å². The summed E-state index contributed by atoms with van der Waals surface area (Å²) in [6, 6.07) is 6.57. The number of benzene rings is 1. The highest BCUT2D eigenvalue weighted by Crippen LogP contribution is 2.32. The van der Waals surface area contributed by atoms with E-state index in [-0.39, 0.29) is 0 Å². The zero-order valence-corrected chi connectivity index (χ0v) is 9.75. The van der Waals surface area contributed by atoms with Crippen molar-refractivity contribution in [2.45, 2.75) is 26.7 Å². The molecule has 0 fully saturated rings. The van der Waals surface area contributed by atoms with E-state index >= 15 is 0 Å². The molecular weight excluding hydrogens is 186 g/mol. The zero-order chi connectivity index (χ0) is 10.8. The van der Waals surface area contributed by atoms with Crippen molar-refractivity contribution in [1.29, 1.82) is 0 Å². The molecule has 1 aliphatic rings. The molecule has 0 saturated heterocycles. The molecule has 0 unspecified atom stereocenters. The molecule has 2 rings (SSSR count). The highest BCUT2D eigenvalue weighted by molar-refractivity contribution is 5.74. The Hall–Kier alpha value is -1.22. The Balaban J connectivity index is 2.22. The second kappa shape index (κ2) is 4.11. The SMILES string of the molecule is CCCCN1NN(C)c2cc(C)ccc21. The van der Waals surface area contributed by atoms with Crippen molar-refractivity contribution in [3.05, 3.63) is 23.8 Å². The molecule has 0 atom stereocenters. The van der Waals surface area contributed by atoms with Gasteiger partial charge in [0.15, 0.2) is 0 Å². The Morgan fingerprint density at radius 1 is 1.27 bits per heavy atom. The molecule has 0 saturated carbocycles. The van der Waals surface area contributed by atoms with Crippen molar-refractivity contribution < 1.29 is 0 Å². The van der Waals surface area contributed by atoms with Crippen molar-refractivity contribution in [2.75, 3.05) is 23.6 Å². The Bertz CT molecular complexity index is 349. The lowest BCUT2D eigenvalue weighted by atomic mass is 10.2. The number of nitrogens with one attached hydrogen (secondary N) is 1. The van der Waals surface area contributed by atoms with Crippen LogP contribution >= 0.6 is 0 Å². The summed E-state index contributed by atoms with van der Waals surface area (Å²) >= 11 is 0. The maximum atomic E-state index is 3.35. The van der Waals surface area contributed by atoms with Gasteiger partial charge in [0.25, 0.3) is 0 Å². The van der Waals surface area contributed by atoms with E-state index in [1.807, 2.05) is 0 Å². The van der Waals surface area contributed by atoms with Crippen LogP contribution in [0.5, 0.6) is 0 Å². The van der Waals surface area contributed by atoms with Gasteiger partial charge in [-0.05, 0) is 31.0 Å². The summed E-state index contributed by atoms with van der Waals surface area (Å²) in [6.45, 7) is 5.41. The predicted octanol–water partition coefficient (Wildman–Crippen LogP) is 2.47. The quantitative estimate of drug-likeness (QED) is 0.817. The topological polar surface area (TPSA) is 18.5 Å². The first-order valence-electron chi connectivity index (χ1n) is 5.60. The molecule has 1 aromatic carbocycles. The van der Waals surface area contributed by atoms with E-state index in [1.54, 1.807) is 0 Å². The van der Waals surface area contributed by atoms with Gasteiger partial charge in [-0.3, -0.25) is 10.0 Å². The molecule has 1 N–H and O–H groups in total. The third-order valence-electron chi connectivity index (χ3n) is 2.79. The third kappa shape index (κ3) is 1.92. The minimum atomic E-state index is 1.07. The standard InChI is InChI=1S/C12H19N3/c1-4-5-8-15-11-7-6-10(2)9-12(11)14(3)13-15/h6-7,9,13H,4-5,8H2,1-3H3. The summed E-state index contributed by atoms with van der Waals surface area (Å²) in [4.78, 5) is 0. The minimum Gasteiger partial charge on any atom is -0.292 e. The summed E-state index contributed by atoms with van der Waals surface area (Å²) in [5.74, 6) is 0. The molecule has 0 radical (unpaired) electrons. The van der Waals surface area contributed by atoms with Gasteiger partial charge in [-0.25, -0.2) is 0 Å². The first-order chi connectivity index (χ1) is 7.22. The van der Waals surface area contributed by atoms with Crippen LogP contribution in [-0.2, 0) is 0 Å². The maximum Gasteiger partial charge on any atom is 0.0785 e. The van der Waals surface area contributed by atoms with Gasteiger partial charge in [0, 0.05) is 13.6 Å². The Morgan fingerprint density at radius 2 is 2.07 bits per heavy atom. The monoisotopic (exact) mass is 205 g/mol. The van der Waals surface area contributed by atoms with Crippen LogP contribution in [0, 0.1) is 6.92 Å². The molecule has 1 heterocycles. The van der Waals surface area contributed by atoms with Gasteiger partial charge in [-0.15, -0.1) is 5.53 Å². The van der Waals surface area contributed by atoms with Gasteiger partial charge in [0.2, 0.25) is 0 Å². The van der Waals surface area contributed by atoms with Crippen LogP contribution in [0.4, 0.5) is 11.4 Å². The number of hydrogen-bond donors (Lipinski definition) is 1. The molecule has 0 bridgehead atoms. The van der Waals surface area contributed by atoms with E-state index in [0.717, 1.165) is 6.54 Å². The second-order valence-electron chi connectivity index (χ2n) is 4.16. The normalized spacial score (nSPS) is 14.6. The Morgan fingerprint density at radius 3 is 2.80 bits per heavy atom. The lowest BCUT2D eigenvalue weighted by Crippen LogP contribution is -2.42. The molecule has 1 aromatic rings. The molecule has 82 valence electrons. The summed E-state index contributed by atoms with van der Waals surface area (Å²) < 4.78 is 0. The number of nitrogens with zero attached hydrogens (tertiary/aromatic N) is 2. The van der Waals surface area contributed by atoms with Crippen LogP contribution in [-0.4, -0.2) is 13.6 Å². The van der Waals surface area contributed by atoms with Crippen LogP contribution in [0.25, 0.3) is 0 Å². The number of anilines is 2. The third-order valence-corrected chi connectivity index (χ3v) is 2.79. The summed E-state index contributed by atoms with van der Waals surface area (Å²) in [6.07, 6.45) is 2.44. The molecule has 0 amide bonds. The number of aryl methyl sites for hydroxylation is 1. The van der Waals surface area contributed by atoms with Gasteiger partial charge in [-0.2, -0.15) is 0 Å². The van der Waals surface area contributed by atoms with Gasteiger partial charge < -0.3 is 0 Å². The number of fused-ring (bicyclic) bond motifs is 1. The highest BCUT2D eigenvalue weighted by atomic mass is 15.8. The second-order valence-corrected chi connectivity index (χ2v) is 4.16. The van der Waals surface area contributed by atoms with Gasteiger partial charge in [0.05, 0.1) is 11.4 Å². The van der Waals surface area contributed by atoms with E-state index in [1.165, 1.54) is 29.8 Å². The number of unbranched alkanes of at least 4 members (excludes halogenated alkanes) is 1. The van der Waals surface area contributed by atoms with Crippen LogP contribution in [0.15, 0.2) is 18.2 Å². The minimum absolute atomic E-state index is 1.07. The zero-order valence-electron chi connectivity index (χ0n) is 9.75. The van der Waals surface area contributed by atoms with Crippen molar-refractivity contribution in [2.24, 2.45) is 0 Å². The molecule has 0 aliphatic carbocycles. The van der Waals surface area contributed by atoms with E-state index in [0.29, 0.717) is 0 Å². The van der Waals surface area contributed by atoms with Crippen molar-refractivity contribution in [3.63, 3.8) is 0 Å². The summed E-state index contributed by atoms with van der Waals surface area (Å²) in [5, 5.41) is 4.30. The van der Waals surface area contributed by atoms with Crippen molar-refractivity contribution in [1.82, 2.24) is 5.53 Å². The molecule has 3 nitrogen and oxygen atoms in total. The Labute approximate surface area is 91.6 Å². The molecule has 1 aliphatic heterocycles. The smallest absolute Gasteiger partial charge is 0.0785 e. The number of hydrogen-bond acceptors (Lipinski definition) is 3. The molecular formula is C12H19N3. The number of hydrazine groups is 2. The van der Waals surface area contributed by atoms with Crippen molar-refractivity contribution >= 4 is 11.4 Å². The fourth-order valence-corrected chi connectivity index (χ4v) is 1.91. The van der Waals surface area contributed by atoms with Crippen LogP contribution in [0.3, 0.4) is 0 Å². The van der Waals surface area contributed by atoms with E-state index in [9.17, 15) is 0 Å². The van der Waals surface area contributed by atoms with E-state index < -0.39 is 0 Å². The first kappa shape index (κ1) is 10.3. The lowest BCUT2D eigenvalue weighted by Gasteiger charge is -2.19. The predicted molar refractivity (Wildman–Crippen MR) is 65.0 cm³/mol. The fourth-order valence-electron chi connectivity index (χ4n) is 1.91. The highest BCUT2D eigenvalue weighted by Gasteiger charge is 2.21. The Kier molecular flexibility index (Phi) is 2.82. The largest absolute Gasteiger partial charge is 0.292 e. The van der Waals surface area contributed by atoms with E-state index in [4.69, 9.17) is 0 Å². The lowest BCUT2D eigenvalue weighted by molar-refractivity contribution is 0.623. The van der Waals surface area contributed by atoms with Gasteiger partial charge >= 0.3 is 0 Å². The molecule has 15 heavy (non-hydrogen) atoms. The first-order valence-corrected chi connectivity index (χ1v) is 5.60. The molecule has 0 spiro atoms. The van der Waals surface area contributed by atoms with Crippen molar-refractivity contribution in [3.8, 4) is 0 Å².